The van der Waals surface area contributed by atoms with Crippen LogP contribution in [-0.2, 0) is 15.1 Å². The number of nitrogens with one attached hydrogen (secondary N) is 1. The van der Waals surface area contributed by atoms with Gasteiger partial charge in [0.15, 0.2) is 11.9 Å². The first-order valence-corrected chi connectivity index (χ1v) is 9.93. The maximum atomic E-state index is 12.5. The Morgan fingerprint density at radius 1 is 0.867 bits per heavy atom. The Morgan fingerprint density at radius 3 is 1.73 bits per heavy atom. The van der Waals surface area contributed by atoms with Crippen molar-refractivity contribution >= 4 is 12.5 Å². The first kappa shape index (κ1) is 19.8. The molecule has 1 unspecified atom stereocenters. The van der Waals surface area contributed by atoms with Gasteiger partial charge in [-0.2, -0.15) is 0 Å². The van der Waals surface area contributed by atoms with E-state index in [-0.39, 0.29) is 0 Å². The summed E-state index contributed by atoms with van der Waals surface area (Å²) in [7, 11) is 1.61. The Kier molecular flexibility index (Phi) is 5.59. The highest BCUT2D eigenvalue weighted by Crippen LogP contribution is 2.39. The van der Waals surface area contributed by atoms with Crippen LogP contribution in [0.15, 0.2) is 108 Å². The summed E-state index contributed by atoms with van der Waals surface area (Å²) in [5.41, 5.74) is 1.10. The monoisotopic (exact) mass is 396 g/mol. The van der Waals surface area contributed by atoms with Gasteiger partial charge < -0.3 is 4.74 Å². The Morgan fingerprint density at radius 2 is 1.33 bits per heavy atom. The third-order valence-electron chi connectivity index (χ3n) is 5.49. The molecule has 0 aliphatic carbocycles. The second-order valence-corrected chi connectivity index (χ2v) is 7.31. The highest BCUT2D eigenvalue weighted by Gasteiger charge is 2.45. The summed E-state index contributed by atoms with van der Waals surface area (Å²) in [6.07, 6.45) is 4.63. The lowest BCUT2D eigenvalue weighted by Crippen LogP contribution is -2.58. The Hall–Kier alpha value is -3.50. The molecule has 0 amide bonds. The summed E-state index contributed by atoms with van der Waals surface area (Å²) < 4.78 is 5.45. The predicted molar refractivity (Wildman–Crippen MR) is 119 cm³/mol. The SMILES string of the molecule is COC1=CC=NC(C=O)(NC(c2ccccc2)(c2ccccc2)c2ccccc2)C1. The molecular weight excluding hydrogens is 372 g/mol. The molecule has 0 saturated heterocycles. The first-order chi connectivity index (χ1) is 14.7. The smallest absolute Gasteiger partial charge is 0.174 e. The minimum atomic E-state index is -1.17. The van der Waals surface area contributed by atoms with Gasteiger partial charge in [-0.25, -0.2) is 0 Å². The lowest BCUT2D eigenvalue weighted by molar-refractivity contribution is -0.114. The number of hydrogen-bond donors (Lipinski definition) is 1. The molecule has 0 spiro atoms. The fraction of sp³-hybridized carbons (Fsp3) is 0.154. The molecule has 1 heterocycles. The van der Waals surface area contributed by atoms with Gasteiger partial charge in [0.2, 0.25) is 0 Å². The first-order valence-electron chi connectivity index (χ1n) is 9.93. The molecule has 1 N–H and O–H groups in total. The van der Waals surface area contributed by atoms with Crippen molar-refractivity contribution in [2.45, 2.75) is 17.6 Å². The van der Waals surface area contributed by atoms with Crippen molar-refractivity contribution in [3.05, 3.63) is 120 Å². The van der Waals surface area contributed by atoms with Crippen LogP contribution in [0, 0.1) is 0 Å². The maximum Gasteiger partial charge on any atom is 0.174 e. The van der Waals surface area contributed by atoms with E-state index in [2.05, 4.69) is 46.7 Å². The molecule has 0 radical (unpaired) electrons. The van der Waals surface area contributed by atoms with E-state index in [1.54, 1.807) is 19.4 Å². The number of rotatable bonds is 7. The van der Waals surface area contributed by atoms with Gasteiger partial charge in [0.25, 0.3) is 0 Å². The zero-order chi connectivity index (χ0) is 20.9. The van der Waals surface area contributed by atoms with E-state index in [1.165, 1.54) is 0 Å². The van der Waals surface area contributed by atoms with Crippen molar-refractivity contribution in [2.75, 3.05) is 7.11 Å². The summed E-state index contributed by atoms with van der Waals surface area (Å²) in [5.74, 6) is 0.702. The molecule has 4 heteroatoms. The number of aliphatic imine (C=N–C) groups is 1. The van der Waals surface area contributed by atoms with Crippen molar-refractivity contribution in [1.29, 1.82) is 0 Å². The van der Waals surface area contributed by atoms with Crippen molar-refractivity contribution in [3.8, 4) is 0 Å². The van der Waals surface area contributed by atoms with E-state index >= 15 is 0 Å². The number of methoxy groups -OCH3 is 1. The number of carbonyl (C=O) groups is 1. The quantitative estimate of drug-likeness (QED) is 0.474. The molecule has 0 saturated carbocycles. The summed E-state index contributed by atoms with van der Waals surface area (Å²) in [5, 5.41) is 3.66. The fourth-order valence-electron chi connectivity index (χ4n) is 4.05. The fourth-order valence-corrected chi connectivity index (χ4v) is 4.05. The molecule has 30 heavy (non-hydrogen) atoms. The number of carbonyl (C=O) groups excluding carboxylic acids is 1. The van der Waals surface area contributed by atoms with Crippen molar-refractivity contribution in [2.24, 2.45) is 4.99 Å². The number of aldehydes is 1. The molecule has 150 valence electrons. The van der Waals surface area contributed by atoms with Crippen LogP contribution in [0.1, 0.15) is 23.1 Å². The van der Waals surface area contributed by atoms with Crippen molar-refractivity contribution < 1.29 is 9.53 Å². The van der Waals surface area contributed by atoms with Gasteiger partial charge in [-0.1, -0.05) is 91.0 Å². The highest BCUT2D eigenvalue weighted by atomic mass is 16.5. The van der Waals surface area contributed by atoms with Gasteiger partial charge >= 0.3 is 0 Å². The normalized spacial score (nSPS) is 18.5. The lowest BCUT2D eigenvalue weighted by Gasteiger charge is -2.43. The average molecular weight is 396 g/mol. The summed E-state index contributed by atoms with van der Waals surface area (Å²) in [6, 6.07) is 30.5. The lowest BCUT2D eigenvalue weighted by atomic mass is 9.75. The number of nitrogens with zero attached hydrogens (tertiary/aromatic N) is 1. The van der Waals surface area contributed by atoms with E-state index in [0.29, 0.717) is 12.2 Å². The van der Waals surface area contributed by atoms with Crippen LogP contribution in [-0.4, -0.2) is 25.3 Å². The molecule has 4 nitrogen and oxygen atoms in total. The molecule has 0 bridgehead atoms. The zero-order valence-electron chi connectivity index (χ0n) is 16.9. The molecule has 1 aliphatic heterocycles. The molecule has 1 atom stereocenters. The van der Waals surface area contributed by atoms with Crippen LogP contribution in [0.25, 0.3) is 0 Å². The molecular formula is C26H24N2O2. The van der Waals surface area contributed by atoms with Crippen molar-refractivity contribution in [3.63, 3.8) is 0 Å². The van der Waals surface area contributed by atoms with Crippen LogP contribution in [0.5, 0.6) is 0 Å². The van der Waals surface area contributed by atoms with Crippen LogP contribution in [0.4, 0.5) is 0 Å². The molecule has 3 aromatic carbocycles. The summed E-state index contributed by atoms with van der Waals surface area (Å²) >= 11 is 0. The molecule has 0 aromatic heterocycles. The number of benzene rings is 3. The van der Waals surface area contributed by atoms with E-state index in [4.69, 9.17) is 4.74 Å². The maximum absolute atomic E-state index is 12.5. The van der Waals surface area contributed by atoms with Gasteiger partial charge in [-0.3, -0.25) is 15.1 Å². The summed E-state index contributed by atoms with van der Waals surface area (Å²) in [6.45, 7) is 0. The zero-order valence-corrected chi connectivity index (χ0v) is 16.9. The Labute approximate surface area is 176 Å². The third-order valence-corrected chi connectivity index (χ3v) is 5.49. The van der Waals surface area contributed by atoms with Crippen molar-refractivity contribution in [1.82, 2.24) is 5.32 Å². The second-order valence-electron chi connectivity index (χ2n) is 7.31. The minimum Gasteiger partial charge on any atom is -0.501 e. The highest BCUT2D eigenvalue weighted by molar-refractivity contribution is 5.79. The topological polar surface area (TPSA) is 50.7 Å². The molecule has 3 aromatic rings. The second kappa shape index (κ2) is 8.47. The largest absolute Gasteiger partial charge is 0.501 e. The average Bonchev–Trinajstić information content (AvgIpc) is 2.84. The molecule has 4 rings (SSSR count). The summed E-state index contributed by atoms with van der Waals surface area (Å²) in [4.78, 5) is 17.0. The van der Waals surface area contributed by atoms with Gasteiger partial charge in [-0.05, 0) is 22.8 Å². The van der Waals surface area contributed by atoms with Crippen LogP contribution < -0.4 is 5.32 Å². The molecule has 0 fully saturated rings. The standard InChI is InChI=1S/C26H24N2O2/c1-30-24-17-18-27-25(19-24,20-29)28-26(21-11-5-2-6-12-21,22-13-7-3-8-14-22)23-15-9-4-10-16-23/h2-18,20,28H,19H2,1H3. The van der Waals surface area contributed by atoms with Crippen LogP contribution >= 0.6 is 0 Å². The van der Waals surface area contributed by atoms with Gasteiger partial charge in [-0.15, -0.1) is 0 Å². The van der Waals surface area contributed by atoms with Gasteiger partial charge in [0.05, 0.1) is 19.1 Å². The molecule has 1 aliphatic rings. The van der Waals surface area contributed by atoms with Crippen LogP contribution in [0.3, 0.4) is 0 Å². The predicted octanol–water partition coefficient (Wildman–Crippen LogP) is 4.47. The van der Waals surface area contributed by atoms with E-state index in [9.17, 15) is 4.79 Å². The van der Waals surface area contributed by atoms with Gasteiger partial charge in [0.1, 0.15) is 5.76 Å². The number of dihydropyridines is 1. The number of allylic oxidation sites excluding steroid dienone is 1. The number of hydrogen-bond acceptors (Lipinski definition) is 4. The van der Waals surface area contributed by atoms with E-state index < -0.39 is 11.2 Å². The number of ether oxygens (including phenoxy) is 1. The van der Waals surface area contributed by atoms with Gasteiger partial charge in [0, 0.05) is 6.21 Å². The Balaban J connectivity index is 1.97. The van der Waals surface area contributed by atoms with Crippen LogP contribution in [0.2, 0.25) is 0 Å². The minimum absolute atomic E-state index is 0.331. The van der Waals surface area contributed by atoms with E-state index in [1.807, 2.05) is 54.6 Å². The van der Waals surface area contributed by atoms with E-state index in [0.717, 1.165) is 23.0 Å². The third kappa shape index (κ3) is 3.58. The Bertz CT molecular complexity index is 950.